The fourth-order valence-corrected chi connectivity index (χ4v) is 2.40. The van der Waals surface area contributed by atoms with E-state index in [0.717, 1.165) is 23.1 Å². The molecule has 1 aliphatic rings. The summed E-state index contributed by atoms with van der Waals surface area (Å²) in [5.41, 5.74) is 0.535. The number of benzene rings is 1. The second-order valence-corrected chi connectivity index (χ2v) is 5.72. The fourth-order valence-electron chi connectivity index (χ4n) is 1.68. The molecule has 0 bridgehead atoms. The largest absolute Gasteiger partial charge is 0.318 e. The standard InChI is InChI=1S/C12H10BrClN4O/c13-7-3-4-9(8(14)5-7)15-12(19)11-16-10(17-18-11)6-1-2-6/h3-6H,1-2H2,(H,15,19)(H,16,17,18). The van der Waals surface area contributed by atoms with Crippen molar-refractivity contribution in [3.8, 4) is 0 Å². The van der Waals surface area contributed by atoms with Gasteiger partial charge in [-0.25, -0.2) is 4.98 Å². The molecule has 0 radical (unpaired) electrons. The summed E-state index contributed by atoms with van der Waals surface area (Å²) in [6, 6.07) is 5.23. The van der Waals surface area contributed by atoms with E-state index >= 15 is 0 Å². The monoisotopic (exact) mass is 340 g/mol. The Bertz CT molecular complexity index is 638. The van der Waals surface area contributed by atoms with Crippen molar-refractivity contribution in [2.24, 2.45) is 0 Å². The molecule has 2 N–H and O–H groups in total. The van der Waals surface area contributed by atoms with Crippen molar-refractivity contribution in [1.82, 2.24) is 15.2 Å². The average molecular weight is 342 g/mol. The van der Waals surface area contributed by atoms with Crippen molar-refractivity contribution in [3.05, 3.63) is 39.3 Å². The molecule has 1 amide bonds. The highest BCUT2D eigenvalue weighted by Crippen LogP contribution is 2.37. The summed E-state index contributed by atoms with van der Waals surface area (Å²) in [6.07, 6.45) is 2.21. The first-order valence-corrected chi connectivity index (χ1v) is 6.99. The van der Waals surface area contributed by atoms with E-state index in [1.165, 1.54) is 0 Å². The predicted molar refractivity (Wildman–Crippen MR) is 75.5 cm³/mol. The topological polar surface area (TPSA) is 70.7 Å². The van der Waals surface area contributed by atoms with Crippen LogP contribution in [0.4, 0.5) is 5.69 Å². The Labute approximate surface area is 122 Å². The molecule has 0 saturated heterocycles. The normalized spacial score (nSPS) is 14.4. The van der Waals surface area contributed by atoms with Crippen LogP contribution in [0.25, 0.3) is 0 Å². The van der Waals surface area contributed by atoms with Gasteiger partial charge in [0.2, 0.25) is 5.82 Å². The molecular formula is C12H10BrClN4O. The van der Waals surface area contributed by atoms with Gasteiger partial charge in [-0.15, -0.1) is 5.10 Å². The maximum Gasteiger partial charge on any atom is 0.295 e. The van der Waals surface area contributed by atoms with E-state index in [4.69, 9.17) is 11.6 Å². The first-order valence-electron chi connectivity index (χ1n) is 5.82. The summed E-state index contributed by atoms with van der Waals surface area (Å²) in [5.74, 6) is 0.991. The van der Waals surface area contributed by atoms with Gasteiger partial charge in [0.25, 0.3) is 5.91 Å². The van der Waals surface area contributed by atoms with Gasteiger partial charge in [-0.3, -0.25) is 9.89 Å². The number of aromatic amines is 1. The molecule has 1 heterocycles. The number of hydrogen-bond acceptors (Lipinski definition) is 3. The van der Waals surface area contributed by atoms with E-state index in [0.29, 0.717) is 16.6 Å². The molecule has 98 valence electrons. The Morgan fingerprint density at radius 1 is 1.47 bits per heavy atom. The van der Waals surface area contributed by atoms with Gasteiger partial charge in [-0.1, -0.05) is 27.5 Å². The summed E-state index contributed by atoms with van der Waals surface area (Å²) in [4.78, 5) is 16.2. The van der Waals surface area contributed by atoms with Crippen molar-refractivity contribution in [2.75, 3.05) is 5.32 Å². The van der Waals surface area contributed by atoms with Crippen LogP contribution >= 0.6 is 27.5 Å². The highest BCUT2D eigenvalue weighted by atomic mass is 79.9. The van der Waals surface area contributed by atoms with Gasteiger partial charge < -0.3 is 5.32 Å². The highest BCUT2D eigenvalue weighted by Gasteiger charge is 2.28. The zero-order valence-electron chi connectivity index (χ0n) is 9.78. The number of rotatable bonds is 3. The van der Waals surface area contributed by atoms with Gasteiger partial charge in [0.1, 0.15) is 5.82 Å². The maximum atomic E-state index is 12.0. The summed E-state index contributed by atoms with van der Waals surface area (Å²) in [6.45, 7) is 0. The van der Waals surface area contributed by atoms with Crippen molar-refractivity contribution in [3.63, 3.8) is 0 Å². The van der Waals surface area contributed by atoms with Gasteiger partial charge in [0, 0.05) is 10.4 Å². The molecule has 1 saturated carbocycles. The van der Waals surface area contributed by atoms with E-state index in [1.54, 1.807) is 18.2 Å². The molecule has 0 unspecified atom stereocenters. The van der Waals surface area contributed by atoms with Crippen LogP contribution < -0.4 is 5.32 Å². The molecule has 1 aliphatic carbocycles. The Kier molecular flexibility index (Phi) is 3.28. The minimum atomic E-state index is -0.368. The zero-order chi connectivity index (χ0) is 13.4. The Morgan fingerprint density at radius 2 is 2.26 bits per heavy atom. The van der Waals surface area contributed by atoms with Gasteiger partial charge in [-0.2, -0.15) is 0 Å². The molecule has 2 aromatic rings. The third-order valence-electron chi connectivity index (χ3n) is 2.85. The number of amides is 1. The second-order valence-electron chi connectivity index (χ2n) is 4.40. The molecule has 0 atom stereocenters. The van der Waals surface area contributed by atoms with Gasteiger partial charge in [-0.05, 0) is 31.0 Å². The second kappa shape index (κ2) is 4.94. The van der Waals surface area contributed by atoms with E-state index in [-0.39, 0.29) is 11.7 Å². The molecule has 1 aromatic heterocycles. The SMILES string of the molecule is O=C(Nc1ccc(Br)cc1Cl)c1n[nH]c(C2CC2)n1. The number of hydrogen-bond donors (Lipinski definition) is 2. The lowest BCUT2D eigenvalue weighted by Crippen LogP contribution is -2.14. The molecule has 0 spiro atoms. The van der Waals surface area contributed by atoms with Crippen LogP contribution in [0, 0.1) is 0 Å². The number of nitrogens with one attached hydrogen (secondary N) is 2. The summed E-state index contributed by atoms with van der Waals surface area (Å²) in [7, 11) is 0. The number of carbonyl (C=O) groups is 1. The van der Waals surface area contributed by atoms with E-state index in [1.807, 2.05) is 0 Å². The highest BCUT2D eigenvalue weighted by molar-refractivity contribution is 9.10. The summed E-state index contributed by atoms with van der Waals surface area (Å²) < 4.78 is 0.851. The average Bonchev–Trinajstić information content (AvgIpc) is 3.10. The maximum absolute atomic E-state index is 12.0. The third kappa shape index (κ3) is 2.79. The van der Waals surface area contributed by atoms with E-state index in [9.17, 15) is 4.79 Å². The minimum absolute atomic E-state index is 0.140. The predicted octanol–water partition coefficient (Wildman–Crippen LogP) is 3.35. The van der Waals surface area contributed by atoms with Gasteiger partial charge in [0.05, 0.1) is 10.7 Å². The third-order valence-corrected chi connectivity index (χ3v) is 3.66. The molecule has 1 aromatic carbocycles. The van der Waals surface area contributed by atoms with Crippen LogP contribution in [0.1, 0.15) is 35.2 Å². The Balaban J connectivity index is 1.76. The number of halogens is 2. The lowest BCUT2D eigenvalue weighted by atomic mass is 10.3. The van der Waals surface area contributed by atoms with Gasteiger partial charge in [0.15, 0.2) is 0 Å². The van der Waals surface area contributed by atoms with Crippen LogP contribution in [-0.4, -0.2) is 21.1 Å². The number of nitrogens with zero attached hydrogens (tertiary/aromatic N) is 2. The van der Waals surface area contributed by atoms with Crippen molar-refractivity contribution < 1.29 is 4.79 Å². The zero-order valence-corrected chi connectivity index (χ0v) is 12.1. The van der Waals surface area contributed by atoms with Crippen LogP contribution in [0.3, 0.4) is 0 Å². The summed E-state index contributed by atoms with van der Waals surface area (Å²) >= 11 is 9.34. The molecule has 5 nitrogen and oxygen atoms in total. The lowest BCUT2D eigenvalue weighted by Gasteiger charge is -2.05. The lowest BCUT2D eigenvalue weighted by molar-refractivity contribution is 0.101. The first-order chi connectivity index (χ1) is 9.13. The van der Waals surface area contributed by atoms with Crippen molar-refractivity contribution in [1.29, 1.82) is 0 Å². The molecule has 0 aliphatic heterocycles. The van der Waals surface area contributed by atoms with Crippen LogP contribution in [0.15, 0.2) is 22.7 Å². The van der Waals surface area contributed by atoms with Crippen molar-refractivity contribution >= 4 is 39.1 Å². The van der Waals surface area contributed by atoms with Crippen LogP contribution in [-0.2, 0) is 0 Å². The fraction of sp³-hybridized carbons (Fsp3) is 0.250. The number of anilines is 1. The van der Waals surface area contributed by atoms with Crippen molar-refractivity contribution in [2.45, 2.75) is 18.8 Å². The van der Waals surface area contributed by atoms with Crippen LogP contribution in [0.2, 0.25) is 5.02 Å². The smallest absolute Gasteiger partial charge is 0.295 e. The van der Waals surface area contributed by atoms with E-state index < -0.39 is 0 Å². The number of carbonyl (C=O) groups excluding carboxylic acids is 1. The minimum Gasteiger partial charge on any atom is -0.318 e. The molecule has 7 heteroatoms. The first kappa shape index (κ1) is 12.6. The molecule has 19 heavy (non-hydrogen) atoms. The molecule has 1 fully saturated rings. The Hall–Kier alpha value is -1.40. The quantitative estimate of drug-likeness (QED) is 0.899. The molecule has 3 rings (SSSR count). The van der Waals surface area contributed by atoms with Gasteiger partial charge >= 0.3 is 0 Å². The van der Waals surface area contributed by atoms with Crippen LogP contribution in [0.5, 0.6) is 0 Å². The Morgan fingerprint density at radius 3 is 2.95 bits per heavy atom. The number of H-pyrrole nitrogens is 1. The van der Waals surface area contributed by atoms with E-state index in [2.05, 4.69) is 36.4 Å². The number of aromatic nitrogens is 3. The molecular weight excluding hydrogens is 332 g/mol. The summed E-state index contributed by atoms with van der Waals surface area (Å²) in [5, 5.41) is 9.86.